The van der Waals surface area contributed by atoms with Crippen LogP contribution in [0.4, 0.5) is 0 Å². The van der Waals surface area contributed by atoms with Gasteiger partial charge in [0.15, 0.2) is 5.65 Å². The smallest absolute Gasteiger partial charge is 0.277 e. The Hall–Kier alpha value is -2.64. The first-order valence-corrected chi connectivity index (χ1v) is 10.8. The Labute approximate surface area is 167 Å². The van der Waals surface area contributed by atoms with Crippen LogP contribution in [-0.2, 0) is 22.6 Å². The Bertz CT molecular complexity index is 1080. The minimum absolute atomic E-state index is 0.00540. The molecule has 0 bridgehead atoms. The summed E-state index contributed by atoms with van der Waals surface area (Å²) in [6.07, 6.45) is 6.44. The molecule has 0 spiro atoms. The Morgan fingerprint density at radius 3 is 2.55 bits per heavy atom. The third kappa shape index (κ3) is 2.80. The SMILES string of the molecule is O=C(C1CC1)N1CCc2nc3cc([C@H]4CCCN4C(=O)C4CC4)[nH]n3c(=O)c2C1. The minimum atomic E-state index is -0.123. The van der Waals surface area contributed by atoms with E-state index in [1.54, 1.807) is 0 Å². The summed E-state index contributed by atoms with van der Waals surface area (Å²) in [5.74, 6) is 0.779. The highest BCUT2D eigenvalue weighted by molar-refractivity contribution is 5.82. The van der Waals surface area contributed by atoms with Gasteiger partial charge in [0.05, 0.1) is 29.5 Å². The lowest BCUT2D eigenvalue weighted by atomic mass is 10.1. The molecule has 2 aromatic rings. The third-order valence-electron chi connectivity index (χ3n) is 6.84. The molecule has 8 nitrogen and oxygen atoms in total. The van der Waals surface area contributed by atoms with Crippen LogP contribution in [0.3, 0.4) is 0 Å². The zero-order valence-corrected chi connectivity index (χ0v) is 16.4. The van der Waals surface area contributed by atoms with Crippen LogP contribution in [0.2, 0.25) is 0 Å². The van der Waals surface area contributed by atoms with E-state index in [4.69, 9.17) is 4.98 Å². The highest BCUT2D eigenvalue weighted by Gasteiger charge is 2.40. The molecule has 0 unspecified atom stereocenters. The van der Waals surface area contributed by atoms with Crippen LogP contribution in [0.1, 0.15) is 61.5 Å². The topological polar surface area (TPSA) is 90.8 Å². The van der Waals surface area contributed by atoms with Gasteiger partial charge in [-0.05, 0) is 38.5 Å². The number of nitrogens with one attached hydrogen (secondary N) is 1. The van der Waals surface area contributed by atoms with E-state index < -0.39 is 0 Å². The number of rotatable bonds is 3. The molecule has 1 N–H and O–H groups in total. The van der Waals surface area contributed by atoms with Crippen LogP contribution >= 0.6 is 0 Å². The van der Waals surface area contributed by atoms with Crippen LogP contribution in [0.15, 0.2) is 10.9 Å². The maximum absolute atomic E-state index is 13.2. The standard InChI is InChI=1S/C21H25N5O3/c27-19(12-3-4-12)24-9-7-15-14(11-24)21(29)26-18(22-15)10-16(23-26)17-2-1-8-25(17)20(28)13-5-6-13/h10,12-13,17,23H,1-9,11H2/t17-/m1/s1. The Balaban J connectivity index is 1.34. The van der Waals surface area contributed by atoms with Gasteiger partial charge in [0, 0.05) is 37.4 Å². The van der Waals surface area contributed by atoms with E-state index in [0.717, 1.165) is 56.5 Å². The van der Waals surface area contributed by atoms with Gasteiger partial charge < -0.3 is 9.80 Å². The maximum atomic E-state index is 13.2. The molecular formula is C21H25N5O3. The molecule has 4 aliphatic rings. The average Bonchev–Trinajstić information content (AvgIpc) is 3.65. The van der Waals surface area contributed by atoms with Gasteiger partial charge in [0.25, 0.3) is 5.56 Å². The maximum Gasteiger partial charge on any atom is 0.277 e. The number of carbonyl (C=O) groups is 2. The third-order valence-corrected chi connectivity index (χ3v) is 6.84. The summed E-state index contributed by atoms with van der Waals surface area (Å²) in [5.41, 5.74) is 2.79. The number of likely N-dealkylation sites (tertiary alicyclic amines) is 1. The molecule has 4 heterocycles. The van der Waals surface area contributed by atoms with Gasteiger partial charge in [-0.2, -0.15) is 0 Å². The van der Waals surface area contributed by atoms with Gasteiger partial charge in [-0.15, -0.1) is 0 Å². The Morgan fingerprint density at radius 1 is 1.03 bits per heavy atom. The molecule has 152 valence electrons. The van der Waals surface area contributed by atoms with Crippen LogP contribution in [0.25, 0.3) is 5.65 Å². The van der Waals surface area contributed by atoms with Crippen molar-refractivity contribution in [1.82, 2.24) is 24.4 Å². The van der Waals surface area contributed by atoms with E-state index in [1.807, 2.05) is 15.9 Å². The van der Waals surface area contributed by atoms with E-state index in [2.05, 4.69) is 5.10 Å². The average molecular weight is 395 g/mol. The van der Waals surface area contributed by atoms with Gasteiger partial charge in [0.2, 0.25) is 11.8 Å². The van der Waals surface area contributed by atoms with Crippen LogP contribution < -0.4 is 5.56 Å². The first-order chi connectivity index (χ1) is 14.1. The van der Waals surface area contributed by atoms with Crippen molar-refractivity contribution in [1.29, 1.82) is 0 Å². The predicted molar refractivity (Wildman–Crippen MR) is 104 cm³/mol. The molecule has 0 aromatic carbocycles. The second kappa shape index (κ2) is 6.18. The predicted octanol–water partition coefficient (Wildman–Crippen LogP) is 1.39. The molecule has 3 fully saturated rings. The van der Waals surface area contributed by atoms with Crippen molar-refractivity contribution < 1.29 is 9.59 Å². The molecule has 2 aromatic heterocycles. The van der Waals surface area contributed by atoms with Crippen molar-refractivity contribution in [2.75, 3.05) is 13.1 Å². The van der Waals surface area contributed by atoms with Crippen LogP contribution in [0, 0.1) is 11.8 Å². The van der Waals surface area contributed by atoms with Crippen molar-refractivity contribution in [3.63, 3.8) is 0 Å². The van der Waals surface area contributed by atoms with Gasteiger partial charge >= 0.3 is 0 Å². The minimum Gasteiger partial charge on any atom is -0.337 e. The van der Waals surface area contributed by atoms with Gasteiger partial charge in [-0.1, -0.05) is 0 Å². The number of amides is 2. The van der Waals surface area contributed by atoms with Crippen molar-refractivity contribution in [2.45, 2.75) is 57.5 Å². The van der Waals surface area contributed by atoms with Crippen molar-refractivity contribution in [3.05, 3.63) is 33.4 Å². The van der Waals surface area contributed by atoms with Crippen LogP contribution in [-0.4, -0.2) is 49.3 Å². The highest BCUT2D eigenvalue weighted by atomic mass is 16.2. The first-order valence-electron chi connectivity index (χ1n) is 10.8. The van der Waals surface area contributed by atoms with Crippen molar-refractivity contribution in [3.8, 4) is 0 Å². The normalized spacial score (nSPS) is 24.2. The molecule has 2 amide bonds. The fraction of sp³-hybridized carbons (Fsp3) is 0.619. The molecule has 6 rings (SSSR count). The van der Waals surface area contributed by atoms with Crippen LogP contribution in [0.5, 0.6) is 0 Å². The Morgan fingerprint density at radius 2 is 1.79 bits per heavy atom. The largest absolute Gasteiger partial charge is 0.337 e. The molecule has 1 atom stereocenters. The van der Waals surface area contributed by atoms with E-state index in [-0.39, 0.29) is 35.3 Å². The van der Waals surface area contributed by atoms with E-state index in [0.29, 0.717) is 30.7 Å². The number of nitrogens with zero attached hydrogens (tertiary/aromatic N) is 4. The van der Waals surface area contributed by atoms with Gasteiger partial charge in [0.1, 0.15) is 0 Å². The summed E-state index contributed by atoms with van der Waals surface area (Å²) < 4.78 is 1.50. The second-order valence-corrected chi connectivity index (χ2v) is 9.00. The summed E-state index contributed by atoms with van der Waals surface area (Å²) in [6.45, 7) is 1.77. The number of hydrogen-bond donors (Lipinski definition) is 1. The molecular weight excluding hydrogens is 370 g/mol. The monoisotopic (exact) mass is 395 g/mol. The molecule has 29 heavy (non-hydrogen) atoms. The quantitative estimate of drug-likeness (QED) is 0.850. The zero-order valence-electron chi connectivity index (χ0n) is 16.4. The number of aromatic nitrogens is 3. The van der Waals surface area contributed by atoms with Gasteiger partial charge in [-0.3, -0.25) is 19.5 Å². The summed E-state index contributed by atoms with van der Waals surface area (Å²) in [6, 6.07) is 1.92. The molecule has 2 aliphatic heterocycles. The molecule has 2 saturated carbocycles. The lowest BCUT2D eigenvalue weighted by molar-refractivity contribution is -0.134. The number of H-pyrrole nitrogens is 1. The molecule has 8 heteroatoms. The fourth-order valence-electron chi connectivity index (χ4n) is 4.87. The summed E-state index contributed by atoms with van der Waals surface area (Å²) in [7, 11) is 0. The number of fused-ring (bicyclic) bond motifs is 2. The lowest BCUT2D eigenvalue weighted by Crippen LogP contribution is -2.40. The van der Waals surface area contributed by atoms with E-state index in [9.17, 15) is 14.4 Å². The summed E-state index contributed by atoms with van der Waals surface area (Å²) >= 11 is 0. The van der Waals surface area contributed by atoms with Gasteiger partial charge in [-0.25, -0.2) is 9.50 Å². The number of aromatic amines is 1. The molecule has 1 saturated heterocycles. The van der Waals surface area contributed by atoms with E-state index >= 15 is 0 Å². The first kappa shape index (κ1) is 17.2. The zero-order chi connectivity index (χ0) is 19.7. The fourth-order valence-corrected chi connectivity index (χ4v) is 4.87. The van der Waals surface area contributed by atoms with E-state index in [1.165, 1.54) is 4.52 Å². The Kier molecular flexibility index (Phi) is 3.67. The summed E-state index contributed by atoms with van der Waals surface area (Å²) in [5, 5.41) is 3.22. The molecule has 2 aliphatic carbocycles. The highest BCUT2D eigenvalue weighted by Crippen LogP contribution is 2.38. The number of carbonyl (C=O) groups excluding carboxylic acids is 2. The second-order valence-electron chi connectivity index (χ2n) is 9.00. The lowest BCUT2D eigenvalue weighted by Gasteiger charge is -2.27. The molecule has 0 radical (unpaired) electrons. The van der Waals surface area contributed by atoms with Crippen molar-refractivity contribution in [2.24, 2.45) is 11.8 Å². The number of hydrogen-bond acceptors (Lipinski definition) is 4. The van der Waals surface area contributed by atoms with Crippen molar-refractivity contribution >= 4 is 17.5 Å². The summed E-state index contributed by atoms with van der Waals surface area (Å²) in [4.78, 5) is 46.7.